The summed E-state index contributed by atoms with van der Waals surface area (Å²) >= 11 is 0. The van der Waals surface area contributed by atoms with Crippen molar-refractivity contribution in [3.05, 3.63) is 24.3 Å². The molecule has 0 aromatic rings. The Morgan fingerprint density at radius 1 is 0.385 bits per heavy atom. The minimum absolute atomic E-state index is 1.14. The molecule has 0 atom stereocenters. The lowest BCUT2D eigenvalue weighted by molar-refractivity contribution is 0.521. The van der Waals surface area contributed by atoms with Gasteiger partial charge >= 0.3 is 0 Å². The van der Waals surface area contributed by atoms with E-state index in [0.717, 1.165) is 6.42 Å². The molecule has 1 aliphatic carbocycles. The first-order chi connectivity index (χ1) is 13.0. The molecule has 0 heteroatoms. The number of allylic oxidation sites excluding steroid dienone is 4. The van der Waals surface area contributed by atoms with Crippen molar-refractivity contribution in [2.24, 2.45) is 0 Å². The molecule has 0 bridgehead atoms. The van der Waals surface area contributed by atoms with Gasteiger partial charge in [-0.1, -0.05) is 134 Å². The van der Waals surface area contributed by atoms with Gasteiger partial charge in [0.05, 0.1) is 0 Å². The van der Waals surface area contributed by atoms with Gasteiger partial charge in [-0.05, 0) is 31.8 Å². The van der Waals surface area contributed by atoms with Gasteiger partial charge in [-0.15, -0.1) is 0 Å². The predicted octanol–water partition coefficient (Wildman–Crippen LogP) is 9.50. The van der Waals surface area contributed by atoms with Crippen LogP contribution < -0.4 is 0 Å². The zero-order valence-corrected chi connectivity index (χ0v) is 17.8. The van der Waals surface area contributed by atoms with Gasteiger partial charge < -0.3 is 0 Å². The molecular weight excluding hydrogens is 312 g/mol. The van der Waals surface area contributed by atoms with Crippen LogP contribution in [0.3, 0.4) is 0 Å². The molecule has 1 aliphatic rings. The van der Waals surface area contributed by atoms with Crippen LogP contribution in [0.25, 0.3) is 0 Å². The van der Waals surface area contributed by atoms with Crippen molar-refractivity contribution in [3.63, 3.8) is 0 Å². The molecule has 0 fully saturated rings. The summed E-state index contributed by atoms with van der Waals surface area (Å²) < 4.78 is 0. The smallest absolute Gasteiger partial charge is 0.0276 e. The molecule has 0 amide bonds. The zero-order valence-electron chi connectivity index (χ0n) is 17.8. The van der Waals surface area contributed by atoms with Crippen LogP contribution in [-0.4, -0.2) is 0 Å². The van der Waals surface area contributed by atoms with Gasteiger partial charge in [-0.2, -0.15) is 0 Å². The van der Waals surface area contributed by atoms with Crippen LogP contribution in [0.15, 0.2) is 18.2 Å². The lowest BCUT2D eigenvalue weighted by Crippen LogP contribution is -1.84. The molecule has 0 aliphatic heterocycles. The van der Waals surface area contributed by atoms with Crippen LogP contribution >= 0.6 is 0 Å². The monoisotopic (exact) mass is 359 g/mol. The fourth-order valence-corrected chi connectivity index (χ4v) is 3.99. The molecule has 0 N–H and O–H groups in total. The van der Waals surface area contributed by atoms with E-state index in [1.54, 1.807) is 0 Å². The summed E-state index contributed by atoms with van der Waals surface area (Å²) in [4.78, 5) is 0. The topological polar surface area (TPSA) is 0 Å². The van der Waals surface area contributed by atoms with E-state index in [0.29, 0.717) is 0 Å². The van der Waals surface area contributed by atoms with E-state index < -0.39 is 0 Å². The average molecular weight is 360 g/mol. The van der Waals surface area contributed by atoms with Crippen molar-refractivity contribution >= 4 is 0 Å². The third-order valence-corrected chi connectivity index (χ3v) is 5.79. The highest BCUT2D eigenvalue weighted by Crippen LogP contribution is 2.15. The van der Waals surface area contributed by atoms with Crippen molar-refractivity contribution in [1.82, 2.24) is 0 Å². The molecule has 0 aromatic heterocycles. The van der Waals surface area contributed by atoms with Crippen LogP contribution in [-0.2, 0) is 0 Å². The summed E-state index contributed by atoms with van der Waals surface area (Å²) in [7, 11) is 0. The molecule has 0 unspecified atom stereocenters. The second-order valence-electron chi connectivity index (χ2n) is 8.41. The van der Waals surface area contributed by atoms with E-state index in [4.69, 9.17) is 0 Å². The minimum Gasteiger partial charge on any atom is -0.0845 e. The van der Waals surface area contributed by atoms with Gasteiger partial charge in [0.25, 0.3) is 0 Å². The number of hydrogen-bond acceptors (Lipinski definition) is 0. The van der Waals surface area contributed by atoms with Crippen LogP contribution in [0, 0.1) is 6.08 Å². The van der Waals surface area contributed by atoms with Gasteiger partial charge in [0, 0.05) is 0 Å². The normalized spacial score (nSPS) is 25.2. The standard InChI is InChI=1S/C26H47/c1-2-4-6-8-10-12-14-16-18-20-22-24-26-25-23-21-19-17-15-13-11-9-7-5-3-1/h1-3H,4,6-26H2/b2-1+,5-3?. The largest absolute Gasteiger partial charge is 0.0845 e. The molecule has 0 saturated heterocycles. The Morgan fingerprint density at radius 2 is 0.731 bits per heavy atom. The van der Waals surface area contributed by atoms with Gasteiger partial charge in [0.15, 0.2) is 0 Å². The first-order valence-corrected chi connectivity index (χ1v) is 12.2. The predicted molar refractivity (Wildman–Crippen MR) is 119 cm³/mol. The van der Waals surface area contributed by atoms with Crippen molar-refractivity contribution in [2.45, 2.75) is 141 Å². The Morgan fingerprint density at radius 3 is 1.15 bits per heavy atom. The molecule has 0 saturated carbocycles. The van der Waals surface area contributed by atoms with E-state index in [1.807, 2.05) is 0 Å². The summed E-state index contributed by atoms with van der Waals surface area (Å²) in [5.74, 6) is 0. The second kappa shape index (κ2) is 20.8. The third-order valence-electron chi connectivity index (χ3n) is 5.79. The molecular formula is C26H47. The first-order valence-electron chi connectivity index (χ1n) is 12.2. The van der Waals surface area contributed by atoms with Crippen LogP contribution in [0.2, 0.25) is 0 Å². The molecule has 0 heterocycles. The van der Waals surface area contributed by atoms with Crippen LogP contribution in [0.1, 0.15) is 141 Å². The summed E-state index contributed by atoms with van der Waals surface area (Å²) in [6.45, 7) is 0. The maximum atomic E-state index is 3.44. The van der Waals surface area contributed by atoms with Crippen LogP contribution in [0.5, 0.6) is 0 Å². The minimum atomic E-state index is 1.14. The van der Waals surface area contributed by atoms with E-state index in [2.05, 4.69) is 24.3 Å². The molecule has 26 heavy (non-hydrogen) atoms. The van der Waals surface area contributed by atoms with E-state index >= 15 is 0 Å². The van der Waals surface area contributed by atoms with Gasteiger partial charge in [-0.25, -0.2) is 0 Å². The molecule has 151 valence electrons. The van der Waals surface area contributed by atoms with E-state index in [1.165, 1.54) is 135 Å². The second-order valence-corrected chi connectivity index (χ2v) is 8.41. The maximum absolute atomic E-state index is 3.44. The van der Waals surface area contributed by atoms with Crippen molar-refractivity contribution < 1.29 is 0 Å². The zero-order chi connectivity index (χ0) is 18.4. The van der Waals surface area contributed by atoms with Gasteiger partial charge in [-0.3, -0.25) is 0 Å². The molecule has 1 rings (SSSR count). The Bertz CT molecular complexity index is 280. The third kappa shape index (κ3) is 18.3. The highest BCUT2D eigenvalue weighted by Gasteiger charge is 1.95. The summed E-state index contributed by atoms with van der Waals surface area (Å²) in [5, 5.41) is 0. The SMILES string of the molecule is [C]1=C/C=C/CCCCCCCCCCCCCCCCCCCCCC/1. The van der Waals surface area contributed by atoms with E-state index in [-0.39, 0.29) is 0 Å². The quantitative estimate of drug-likeness (QED) is 0.404. The fourth-order valence-electron chi connectivity index (χ4n) is 3.99. The highest BCUT2D eigenvalue weighted by molar-refractivity contribution is 4.98. The van der Waals surface area contributed by atoms with Gasteiger partial charge in [0.2, 0.25) is 0 Å². The summed E-state index contributed by atoms with van der Waals surface area (Å²) in [6, 6.07) is 0. The molecule has 0 nitrogen and oxygen atoms in total. The maximum Gasteiger partial charge on any atom is -0.0276 e. The Balaban J connectivity index is 2.09. The average Bonchev–Trinajstić information content (AvgIpc) is 2.65. The molecule has 0 aromatic carbocycles. The van der Waals surface area contributed by atoms with Crippen molar-refractivity contribution in [3.8, 4) is 0 Å². The number of rotatable bonds is 0. The summed E-state index contributed by atoms with van der Waals surface area (Å²) in [6.07, 6.45) is 41.5. The fraction of sp³-hybridized carbons (Fsp3) is 0.846. The van der Waals surface area contributed by atoms with Gasteiger partial charge in [0.1, 0.15) is 0 Å². The lowest BCUT2D eigenvalue weighted by atomic mass is 10.0. The van der Waals surface area contributed by atoms with Crippen molar-refractivity contribution in [1.29, 1.82) is 0 Å². The lowest BCUT2D eigenvalue weighted by Gasteiger charge is -2.04. The van der Waals surface area contributed by atoms with Crippen LogP contribution in [0.4, 0.5) is 0 Å². The molecule has 0 spiro atoms. The van der Waals surface area contributed by atoms with E-state index in [9.17, 15) is 0 Å². The summed E-state index contributed by atoms with van der Waals surface area (Å²) in [5.41, 5.74) is 0. The highest BCUT2D eigenvalue weighted by atomic mass is 14.0. The molecule has 1 radical (unpaired) electrons. The Hall–Kier alpha value is -0.520. The Kier molecular flexibility index (Phi) is 18.8. The van der Waals surface area contributed by atoms with Crippen molar-refractivity contribution in [2.75, 3.05) is 0 Å². The first kappa shape index (κ1) is 23.5. The number of hydrogen-bond donors (Lipinski definition) is 0. The Labute approximate surface area is 165 Å².